The lowest BCUT2D eigenvalue weighted by Gasteiger charge is -2.28. The van der Waals surface area contributed by atoms with Crippen LogP contribution >= 0.6 is 0 Å². The van der Waals surface area contributed by atoms with Crippen LogP contribution < -0.4 is 10.9 Å². The van der Waals surface area contributed by atoms with Crippen molar-refractivity contribution in [2.75, 3.05) is 18.4 Å². The Morgan fingerprint density at radius 1 is 1.16 bits per heavy atom. The Morgan fingerprint density at radius 3 is 2.81 bits per heavy atom. The number of anilines is 1. The first kappa shape index (κ1) is 20.2. The number of nitrogens with one attached hydrogen (secondary N) is 2. The summed E-state index contributed by atoms with van der Waals surface area (Å²) in [6.07, 6.45) is 4.51. The molecule has 5 rings (SSSR count). The third-order valence-corrected chi connectivity index (χ3v) is 6.09. The van der Waals surface area contributed by atoms with E-state index < -0.39 is 0 Å². The number of hydrogen-bond donors (Lipinski definition) is 2. The molecule has 0 saturated carbocycles. The van der Waals surface area contributed by atoms with Crippen molar-refractivity contribution >= 4 is 22.6 Å². The average Bonchev–Trinajstić information content (AvgIpc) is 3.28. The molecule has 162 valence electrons. The standard InChI is InChI=1S/C25H25N5O2/c1-16-7-8-21(27-22(31)15-30-12-10-17-5-3-4-6-18(17)13-30)28-23(16)20-14-29(2)25(32)24-19(20)9-11-26-24/h3-9,11,14,26H,10,12-13,15H2,1-2H3,(H,27,28,31). The lowest BCUT2D eigenvalue weighted by molar-refractivity contribution is -0.117. The zero-order chi connectivity index (χ0) is 22.2. The van der Waals surface area contributed by atoms with Crippen molar-refractivity contribution in [2.24, 2.45) is 7.05 Å². The van der Waals surface area contributed by atoms with Crippen LogP contribution in [-0.2, 0) is 24.8 Å². The number of benzene rings is 1. The van der Waals surface area contributed by atoms with Gasteiger partial charge in [-0.15, -0.1) is 0 Å². The smallest absolute Gasteiger partial charge is 0.274 e. The number of aromatic nitrogens is 3. The van der Waals surface area contributed by atoms with Gasteiger partial charge in [0.1, 0.15) is 11.3 Å². The molecule has 1 amide bonds. The average molecular weight is 428 g/mol. The number of amides is 1. The molecule has 0 aliphatic carbocycles. The molecule has 0 radical (unpaired) electrons. The summed E-state index contributed by atoms with van der Waals surface area (Å²) >= 11 is 0. The SMILES string of the molecule is Cc1ccc(NC(=O)CN2CCc3ccccc3C2)nc1-c1cn(C)c(=O)c2[nH]ccc12. The molecule has 0 saturated heterocycles. The summed E-state index contributed by atoms with van der Waals surface area (Å²) in [5, 5.41) is 3.77. The highest BCUT2D eigenvalue weighted by molar-refractivity contribution is 5.95. The van der Waals surface area contributed by atoms with Gasteiger partial charge in [0, 0.05) is 43.5 Å². The molecule has 0 atom stereocenters. The summed E-state index contributed by atoms with van der Waals surface area (Å²) in [5.74, 6) is 0.421. The minimum Gasteiger partial charge on any atom is -0.357 e. The number of carbonyl (C=O) groups is 1. The quantitative estimate of drug-likeness (QED) is 0.524. The lowest BCUT2D eigenvalue weighted by atomic mass is 10.00. The van der Waals surface area contributed by atoms with Gasteiger partial charge in [0.05, 0.1) is 12.2 Å². The monoisotopic (exact) mass is 427 g/mol. The van der Waals surface area contributed by atoms with E-state index in [4.69, 9.17) is 4.98 Å². The molecule has 0 unspecified atom stereocenters. The van der Waals surface area contributed by atoms with Gasteiger partial charge >= 0.3 is 0 Å². The number of hydrogen-bond acceptors (Lipinski definition) is 4. The second-order valence-corrected chi connectivity index (χ2v) is 8.36. The van der Waals surface area contributed by atoms with Crippen molar-refractivity contribution < 1.29 is 4.79 Å². The molecule has 7 heteroatoms. The molecule has 7 nitrogen and oxygen atoms in total. The zero-order valence-corrected chi connectivity index (χ0v) is 18.2. The lowest BCUT2D eigenvalue weighted by Crippen LogP contribution is -2.37. The van der Waals surface area contributed by atoms with Gasteiger partial charge in [-0.05, 0) is 42.2 Å². The van der Waals surface area contributed by atoms with Crippen molar-refractivity contribution in [1.29, 1.82) is 0 Å². The number of aryl methyl sites for hydroxylation is 2. The van der Waals surface area contributed by atoms with E-state index in [0.717, 1.165) is 41.7 Å². The molecule has 1 aliphatic rings. The van der Waals surface area contributed by atoms with Crippen molar-refractivity contribution in [3.8, 4) is 11.3 Å². The van der Waals surface area contributed by atoms with Crippen LogP contribution in [0, 0.1) is 6.92 Å². The molecular weight excluding hydrogens is 402 g/mol. The Kier molecular flexibility index (Phi) is 5.11. The summed E-state index contributed by atoms with van der Waals surface area (Å²) in [6.45, 7) is 3.93. The Labute approximate surface area is 185 Å². The molecule has 0 spiro atoms. The second kappa shape index (κ2) is 8.09. The molecule has 2 N–H and O–H groups in total. The first-order chi connectivity index (χ1) is 15.5. The Balaban J connectivity index is 1.37. The summed E-state index contributed by atoms with van der Waals surface area (Å²) in [5.41, 5.74) is 5.68. The van der Waals surface area contributed by atoms with Crippen molar-refractivity contribution in [2.45, 2.75) is 19.9 Å². The summed E-state index contributed by atoms with van der Waals surface area (Å²) in [4.78, 5) is 35.0. The fraction of sp³-hybridized carbons (Fsp3) is 0.240. The van der Waals surface area contributed by atoms with Gasteiger partial charge in [-0.2, -0.15) is 0 Å². The van der Waals surface area contributed by atoms with Gasteiger partial charge in [-0.1, -0.05) is 30.3 Å². The maximum Gasteiger partial charge on any atom is 0.274 e. The van der Waals surface area contributed by atoms with E-state index in [0.29, 0.717) is 17.9 Å². The van der Waals surface area contributed by atoms with E-state index >= 15 is 0 Å². The normalized spacial score (nSPS) is 13.8. The highest BCUT2D eigenvalue weighted by Gasteiger charge is 2.19. The first-order valence-electron chi connectivity index (χ1n) is 10.7. The molecule has 4 heterocycles. The van der Waals surface area contributed by atoms with Gasteiger partial charge in [-0.3, -0.25) is 14.5 Å². The van der Waals surface area contributed by atoms with Gasteiger partial charge in [0.15, 0.2) is 0 Å². The van der Waals surface area contributed by atoms with Gasteiger partial charge < -0.3 is 14.9 Å². The molecular formula is C25H25N5O2. The van der Waals surface area contributed by atoms with E-state index in [1.807, 2.05) is 31.2 Å². The maximum absolute atomic E-state index is 12.8. The van der Waals surface area contributed by atoms with Gasteiger partial charge in [0.2, 0.25) is 5.91 Å². The van der Waals surface area contributed by atoms with E-state index in [1.54, 1.807) is 24.0 Å². The highest BCUT2D eigenvalue weighted by Crippen LogP contribution is 2.28. The number of aromatic amines is 1. The molecule has 3 aromatic heterocycles. The Hall–Kier alpha value is -3.71. The topological polar surface area (TPSA) is 83.0 Å². The predicted octanol–water partition coefficient (Wildman–Crippen LogP) is 3.23. The first-order valence-corrected chi connectivity index (χ1v) is 10.7. The van der Waals surface area contributed by atoms with E-state index in [2.05, 4.69) is 33.4 Å². The van der Waals surface area contributed by atoms with Crippen LogP contribution in [0.15, 0.2) is 59.7 Å². The molecule has 4 aromatic rings. The van der Waals surface area contributed by atoms with E-state index in [-0.39, 0.29) is 11.5 Å². The van der Waals surface area contributed by atoms with Crippen LogP contribution in [0.4, 0.5) is 5.82 Å². The summed E-state index contributed by atoms with van der Waals surface area (Å²) in [7, 11) is 1.73. The Morgan fingerprint density at radius 2 is 1.97 bits per heavy atom. The molecule has 0 bridgehead atoms. The number of pyridine rings is 2. The summed E-state index contributed by atoms with van der Waals surface area (Å²) < 4.78 is 1.55. The van der Waals surface area contributed by atoms with E-state index in [1.165, 1.54) is 11.1 Å². The second-order valence-electron chi connectivity index (χ2n) is 8.36. The largest absolute Gasteiger partial charge is 0.357 e. The fourth-order valence-corrected chi connectivity index (χ4v) is 4.40. The zero-order valence-electron chi connectivity index (χ0n) is 18.2. The highest BCUT2D eigenvalue weighted by atomic mass is 16.2. The van der Waals surface area contributed by atoms with E-state index in [9.17, 15) is 9.59 Å². The maximum atomic E-state index is 12.8. The number of fused-ring (bicyclic) bond motifs is 2. The van der Waals surface area contributed by atoms with Crippen molar-refractivity contribution in [3.05, 3.63) is 81.9 Å². The number of rotatable bonds is 4. The molecule has 32 heavy (non-hydrogen) atoms. The van der Waals surface area contributed by atoms with Gasteiger partial charge in [0.25, 0.3) is 5.56 Å². The van der Waals surface area contributed by atoms with Crippen molar-refractivity contribution in [3.63, 3.8) is 0 Å². The van der Waals surface area contributed by atoms with Crippen molar-refractivity contribution in [1.82, 2.24) is 19.4 Å². The van der Waals surface area contributed by atoms with Gasteiger partial charge in [-0.25, -0.2) is 4.98 Å². The fourth-order valence-electron chi connectivity index (χ4n) is 4.40. The Bertz CT molecular complexity index is 1380. The molecule has 1 aromatic carbocycles. The number of H-pyrrole nitrogens is 1. The molecule has 1 aliphatic heterocycles. The van der Waals surface area contributed by atoms with Crippen LogP contribution in [0.3, 0.4) is 0 Å². The van der Waals surface area contributed by atoms with Crippen LogP contribution in [0.1, 0.15) is 16.7 Å². The molecule has 0 fully saturated rings. The summed E-state index contributed by atoms with van der Waals surface area (Å²) in [6, 6.07) is 14.0. The minimum absolute atomic E-state index is 0.0843. The number of nitrogens with zero attached hydrogens (tertiary/aromatic N) is 3. The number of carbonyl (C=O) groups excluding carboxylic acids is 1. The third kappa shape index (κ3) is 3.71. The van der Waals surface area contributed by atoms with Crippen LogP contribution in [-0.4, -0.2) is 38.4 Å². The van der Waals surface area contributed by atoms with Crippen LogP contribution in [0.25, 0.3) is 22.2 Å². The van der Waals surface area contributed by atoms with Crippen LogP contribution in [0.2, 0.25) is 0 Å². The minimum atomic E-state index is -0.0843. The third-order valence-electron chi connectivity index (χ3n) is 6.09. The van der Waals surface area contributed by atoms with Crippen LogP contribution in [0.5, 0.6) is 0 Å². The predicted molar refractivity (Wildman–Crippen MR) is 126 cm³/mol.